The van der Waals surface area contributed by atoms with Gasteiger partial charge in [-0.1, -0.05) is 37.3 Å². The minimum absolute atomic E-state index is 0.0377. The number of carboxylic acids is 1. The number of hydrogen-bond acceptors (Lipinski definition) is 4. The van der Waals surface area contributed by atoms with Crippen molar-refractivity contribution in [3.05, 3.63) is 52.0 Å². The first kappa shape index (κ1) is 17.1. The molecule has 0 aliphatic rings. The fourth-order valence-electron chi connectivity index (χ4n) is 2.20. The normalized spacial score (nSPS) is 13.3. The Morgan fingerprint density at radius 2 is 2.00 bits per heavy atom. The number of rotatable bonds is 7. The van der Waals surface area contributed by atoms with Crippen molar-refractivity contribution >= 4 is 23.2 Å². The fourth-order valence-corrected chi connectivity index (χ4v) is 2.95. The number of carboxylic acid groups (broad SMARTS) is 1. The molecule has 1 unspecified atom stereocenters. The van der Waals surface area contributed by atoms with Crippen LogP contribution in [0.4, 0.5) is 0 Å². The van der Waals surface area contributed by atoms with Crippen LogP contribution in [0.5, 0.6) is 0 Å². The van der Waals surface area contributed by atoms with Crippen LogP contribution in [-0.2, 0) is 27.8 Å². The summed E-state index contributed by atoms with van der Waals surface area (Å²) in [5.41, 5.74) is 0.226. The molecular weight excluding hydrogens is 312 g/mol. The molecule has 0 saturated carbocycles. The van der Waals surface area contributed by atoms with Gasteiger partial charge in [0.2, 0.25) is 5.91 Å². The van der Waals surface area contributed by atoms with Gasteiger partial charge < -0.3 is 10.4 Å². The zero-order chi connectivity index (χ0) is 16.9. The van der Waals surface area contributed by atoms with E-state index in [1.165, 1.54) is 11.3 Å². The van der Waals surface area contributed by atoms with E-state index in [2.05, 4.69) is 10.3 Å². The van der Waals surface area contributed by atoms with Crippen LogP contribution in [-0.4, -0.2) is 28.5 Å². The van der Waals surface area contributed by atoms with Gasteiger partial charge in [0, 0.05) is 11.9 Å². The quantitative estimate of drug-likeness (QED) is 0.816. The van der Waals surface area contributed by atoms with Crippen molar-refractivity contribution in [1.29, 1.82) is 0 Å². The van der Waals surface area contributed by atoms with E-state index in [1.807, 2.05) is 18.4 Å². The predicted octanol–water partition coefficient (Wildman–Crippen LogP) is 2.41. The molecule has 5 nitrogen and oxygen atoms in total. The Morgan fingerprint density at radius 3 is 2.57 bits per heavy atom. The summed E-state index contributed by atoms with van der Waals surface area (Å²) in [6.45, 7) is 3.67. The minimum Gasteiger partial charge on any atom is -0.481 e. The molecule has 0 spiro atoms. The molecule has 23 heavy (non-hydrogen) atoms. The number of nitrogens with one attached hydrogen (secondary N) is 1. The van der Waals surface area contributed by atoms with Crippen molar-refractivity contribution in [1.82, 2.24) is 10.3 Å². The lowest BCUT2D eigenvalue weighted by Crippen LogP contribution is -2.44. The molecule has 6 heteroatoms. The molecule has 2 aromatic rings. The third-order valence-corrected chi connectivity index (χ3v) is 4.81. The Labute approximate surface area is 139 Å². The van der Waals surface area contributed by atoms with Crippen LogP contribution in [0.2, 0.25) is 0 Å². The summed E-state index contributed by atoms with van der Waals surface area (Å²) in [5.74, 6) is -1.19. The van der Waals surface area contributed by atoms with Gasteiger partial charge in [-0.3, -0.25) is 9.59 Å². The van der Waals surface area contributed by atoms with E-state index >= 15 is 0 Å². The number of aryl methyl sites for hydroxylation is 1. The highest BCUT2D eigenvalue weighted by Gasteiger charge is 2.35. The molecule has 2 rings (SSSR count). The van der Waals surface area contributed by atoms with Gasteiger partial charge >= 0.3 is 5.97 Å². The highest BCUT2D eigenvalue weighted by Crippen LogP contribution is 2.23. The number of carbonyl (C=O) groups is 2. The van der Waals surface area contributed by atoms with Crippen molar-refractivity contribution in [3.8, 4) is 0 Å². The summed E-state index contributed by atoms with van der Waals surface area (Å²) in [5, 5.41) is 15.1. The van der Waals surface area contributed by atoms with E-state index < -0.39 is 11.4 Å². The standard InChI is InChI=1S/C17H20N2O3S/c1-3-15-19-13(10-23-15)9-14(20)18-11-17(2,16(21)22)12-7-5-4-6-8-12/h4-8,10H,3,9,11H2,1-2H3,(H,18,20)(H,21,22). The van der Waals surface area contributed by atoms with E-state index in [1.54, 1.807) is 31.2 Å². The van der Waals surface area contributed by atoms with Crippen molar-refractivity contribution < 1.29 is 14.7 Å². The molecule has 0 saturated heterocycles. The molecule has 2 N–H and O–H groups in total. The molecule has 0 radical (unpaired) electrons. The van der Waals surface area contributed by atoms with Gasteiger partial charge in [0.05, 0.1) is 17.1 Å². The average molecular weight is 332 g/mol. The lowest BCUT2D eigenvalue weighted by Gasteiger charge is -2.25. The van der Waals surface area contributed by atoms with Gasteiger partial charge in [-0.2, -0.15) is 0 Å². The molecule has 122 valence electrons. The van der Waals surface area contributed by atoms with Crippen LogP contribution >= 0.6 is 11.3 Å². The molecule has 1 heterocycles. The third-order valence-electron chi connectivity index (χ3n) is 3.77. The summed E-state index contributed by atoms with van der Waals surface area (Å²) in [4.78, 5) is 28.1. The zero-order valence-corrected chi connectivity index (χ0v) is 14.0. The van der Waals surface area contributed by atoms with Gasteiger partial charge in [-0.15, -0.1) is 11.3 Å². The van der Waals surface area contributed by atoms with Crippen molar-refractivity contribution in [2.24, 2.45) is 0 Å². The SMILES string of the molecule is CCc1nc(CC(=O)NCC(C)(C(=O)O)c2ccccc2)cs1. The van der Waals surface area contributed by atoms with Crippen LogP contribution in [0.15, 0.2) is 35.7 Å². The minimum atomic E-state index is -1.16. The maximum atomic E-state index is 12.1. The smallest absolute Gasteiger partial charge is 0.315 e. The van der Waals surface area contributed by atoms with Gasteiger partial charge in [0.15, 0.2) is 0 Å². The first-order valence-corrected chi connectivity index (χ1v) is 8.32. The summed E-state index contributed by atoms with van der Waals surface area (Å²) in [7, 11) is 0. The molecule has 0 aliphatic heterocycles. The highest BCUT2D eigenvalue weighted by molar-refractivity contribution is 7.09. The molecule has 0 fully saturated rings. The number of hydrogen-bond donors (Lipinski definition) is 2. The molecule has 1 aromatic carbocycles. The average Bonchev–Trinajstić information content (AvgIpc) is 3.00. The Hall–Kier alpha value is -2.21. The van der Waals surface area contributed by atoms with Crippen LogP contribution in [0, 0.1) is 0 Å². The zero-order valence-electron chi connectivity index (χ0n) is 13.2. The number of carbonyl (C=O) groups excluding carboxylic acids is 1. The van der Waals surface area contributed by atoms with Gasteiger partial charge in [0.1, 0.15) is 5.41 Å². The first-order valence-electron chi connectivity index (χ1n) is 7.44. The van der Waals surface area contributed by atoms with Gasteiger partial charge in [-0.05, 0) is 18.9 Å². The van der Waals surface area contributed by atoms with E-state index in [9.17, 15) is 14.7 Å². The Kier molecular flexibility index (Phi) is 5.50. The second-order valence-corrected chi connectivity index (χ2v) is 6.49. The lowest BCUT2D eigenvalue weighted by molar-refractivity contribution is -0.143. The van der Waals surface area contributed by atoms with Gasteiger partial charge in [0.25, 0.3) is 0 Å². The molecule has 1 aromatic heterocycles. The maximum Gasteiger partial charge on any atom is 0.315 e. The topological polar surface area (TPSA) is 79.3 Å². The Morgan fingerprint density at radius 1 is 1.30 bits per heavy atom. The Balaban J connectivity index is 2.01. The second kappa shape index (κ2) is 7.37. The first-order chi connectivity index (χ1) is 11.0. The van der Waals surface area contributed by atoms with E-state index in [4.69, 9.17) is 0 Å². The number of aromatic nitrogens is 1. The molecule has 1 atom stereocenters. The number of thiazole rings is 1. The van der Waals surface area contributed by atoms with Crippen molar-refractivity contribution in [2.45, 2.75) is 32.1 Å². The van der Waals surface area contributed by atoms with Crippen LogP contribution in [0.25, 0.3) is 0 Å². The second-order valence-electron chi connectivity index (χ2n) is 5.54. The summed E-state index contributed by atoms with van der Waals surface area (Å²) in [6, 6.07) is 8.93. The van der Waals surface area contributed by atoms with Gasteiger partial charge in [-0.25, -0.2) is 4.98 Å². The molecule has 0 bridgehead atoms. The van der Waals surface area contributed by atoms with E-state index in [0.717, 1.165) is 17.1 Å². The summed E-state index contributed by atoms with van der Waals surface area (Å²) < 4.78 is 0. The van der Waals surface area contributed by atoms with Crippen LogP contribution < -0.4 is 5.32 Å². The maximum absolute atomic E-state index is 12.1. The van der Waals surface area contributed by atoms with Crippen LogP contribution in [0.1, 0.15) is 30.1 Å². The highest BCUT2D eigenvalue weighted by atomic mass is 32.1. The number of aliphatic carboxylic acids is 1. The fraction of sp³-hybridized carbons (Fsp3) is 0.353. The monoisotopic (exact) mass is 332 g/mol. The van der Waals surface area contributed by atoms with Crippen LogP contribution in [0.3, 0.4) is 0 Å². The number of amides is 1. The third kappa shape index (κ3) is 4.16. The number of nitrogens with zero attached hydrogens (tertiary/aromatic N) is 1. The van der Waals surface area contributed by atoms with E-state index in [-0.39, 0.29) is 18.9 Å². The molecule has 1 amide bonds. The lowest BCUT2D eigenvalue weighted by atomic mass is 9.82. The largest absolute Gasteiger partial charge is 0.481 e. The van der Waals surface area contributed by atoms with Crippen molar-refractivity contribution in [2.75, 3.05) is 6.54 Å². The Bertz CT molecular complexity index is 684. The predicted molar refractivity (Wildman–Crippen MR) is 89.6 cm³/mol. The number of benzene rings is 1. The van der Waals surface area contributed by atoms with Crippen molar-refractivity contribution in [3.63, 3.8) is 0 Å². The van der Waals surface area contributed by atoms with E-state index in [0.29, 0.717) is 5.56 Å². The summed E-state index contributed by atoms with van der Waals surface area (Å²) in [6.07, 6.45) is 1.01. The molecular formula is C17H20N2O3S. The summed E-state index contributed by atoms with van der Waals surface area (Å²) >= 11 is 1.53. The molecule has 0 aliphatic carbocycles.